The molecule has 1 aromatic rings. The molecule has 1 aliphatic heterocycles. The van der Waals surface area contributed by atoms with Crippen molar-refractivity contribution in [3.63, 3.8) is 0 Å². The van der Waals surface area contributed by atoms with Crippen LogP contribution in [0.4, 0.5) is 5.82 Å². The molecule has 18 heavy (non-hydrogen) atoms. The van der Waals surface area contributed by atoms with Gasteiger partial charge in [-0.1, -0.05) is 6.92 Å². The third-order valence-electron chi connectivity index (χ3n) is 3.33. The molecule has 0 radical (unpaired) electrons. The SMILES string of the molecule is CCCNCC1CCCN(c2ncncc2Br)C1. The van der Waals surface area contributed by atoms with Crippen LogP contribution in [0.5, 0.6) is 0 Å². The number of aromatic nitrogens is 2. The van der Waals surface area contributed by atoms with Crippen molar-refractivity contribution in [1.82, 2.24) is 15.3 Å². The fourth-order valence-corrected chi connectivity index (χ4v) is 2.92. The Morgan fingerprint density at radius 1 is 1.56 bits per heavy atom. The summed E-state index contributed by atoms with van der Waals surface area (Å²) in [4.78, 5) is 10.8. The molecule has 5 heteroatoms. The first-order valence-electron chi connectivity index (χ1n) is 6.72. The van der Waals surface area contributed by atoms with Gasteiger partial charge < -0.3 is 10.2 Å². The molecule has 1 aliphatic rings. The minimum atomic E-state index is 0.729. The molecule has 2 rings (SSSR count). The number of rotatable bonds is 5. The number of nitrogens with zero attached hydrogens (tertiary/aromatic N) is 3. The summed E-state index contributed by atoms with van der Waals surface area (Å²) in [6.45, 7) is 6.63. The van der Waals surface area contributed by atoms with Crippen LogP contribution in [0.15, 0.2) is 17.0 Å². The highest BCUT2D eigenvalue weighted by molar-refractivity contribution is 9.10. The van der Waals surface area contributed by atoms with Crippen molar-refractivity contribution in [3.8, 4) is 0 Å². The van der Waals surface area contributed by atoms with Crippen LogP contribution in [-0.2, 0) is 0 Å². The number of piperidine rings is 1. The highest BCUT2D eigenvalue weighted by atomic mass is 79.9. The number of halogens is 1. The molecule has 0 amide bonds. The van der Waals surface area contributed by atoms with E-state index in [9.17, 15) is 0 Å². The van der Waals surface area contributed by atoms with Gasteiger partial charge in [0.1, 0.15) is 12.1 Å². The normalized spacial score (nSPS) is 20.1. The van der Waals surface area contributed by atoms with Gasteiger partial charge in [0, 0.05) is 19.3 Å². The number of hydrogen-bond donors (Lipinski definition) is 1. The van der Waals surface area contributed by atoms with Crippen LogP contribution in [0.2, 0.25) is 0 Å². The molecule has 0 bridgehead atoms. The summed E-state index contributed by atoms with van der Waals surface area (Å²) >= 11 is 3.53. The van der Waals surface area contributed by atoms with E-state index in [1.807, 2.05) is 6.20 Å². The second kappa shape index (κ2) is 7.04. The highest BCUT2D eigenvalue weighted by Gasteiger charge is 2.21. The van der Waals surface area contributed by atoms with Crippen molar-refractivity contribution in [2.24, 2.45) is 5.92 Å². The van der Waals surface area contributed by atoms with E-state index in [4.69, 9.17) is 0 Å². The molecular formula is C13H21BrN4. The Balaban J connectivity index is 1.92. The van der Waals surface area contributed by atoms with E-state index in [0.717, 1.165) is 42.4 Å². The van der Waals surface area contributed by atoms with Gasteiger partial charge in [-0.05, 0) is 54.2 Å². The van der Waals surface area contributed by atoms with Gasteiger partial charge in [0.05, 0.1) is 4.47 Å². The Morgan fingerprint density at radius 3 is 3.22 bits per heavy atom. The van der Waals surface area contributed by atoms with Crippen molar-refractivity contribution in [2.75, 3.05) is 31.1 Å². The maximum atomic E-state index is 4.38. The molecule has 1 unspecified atom stereocenters. The summed E-state index contributed by atoms with van der Waals surface area (Å²) in [6.07, 6.45) is 7.21. The first-order valence-corrected chi connectivity index (χ1v) is 7.51. The summed E-state index contributed by atoms with van der Waals surface area (Å²) in [5.41, 5.74) is 0. The van der Waals surface area contributed by atoms with E-state index in [2.05, 4.69) is 43.0 Å². The lowest BCUT2D eigenvalue weighted by Gasteiger charge is -2.34. The Labute approximate surface area is 117 Å². The molecule has 1 atom stereocenters. The zero-order valence-corrected chi connectivity index (χ0v) is 12.5. The maximum Gasteiger partial charge on any atom is 0.146 e. The summed E-state index contributed by atoms with van der Waals surface area (Å²) in [5, 5.41) is 3.52. The van der Waals surface area contributed by atoms with Gasteiger partial charge in [-0.15, -0.1) is 0 Å². The average molecular weight is 313 g/mol. The molecular weight excluding hydrogens is 292 g/mol. The number of nitrogens with one attached hydrogen (secondary N) is 1. The van der Waals surface area contributed by atoms with E-state index in [1.54, 1.807) is 6.33 Å². The van der Waals surface area contributed by atoms with Gasteiger partial charge in [-0.25, -0.2) is 9.97 Å². The molecule has 1 saturated heterocycles. The molecule has 1 fully saturated rings. The minimum absolute atomic E-state index is 0.729. The minimum Gasteiger partial charge on any atom is -0.355 e. The van der Waals surface area contributed by atoms with E-state index in [-0.39, 0.29) is 0 Å². The predicted octanol–water partition coefficient (Wildman–Crippen LogP) is 2.46. The van der Waals surface area contributed by atoms with Crippen molar-refractivity contribution in [3.05, 3.63) is 17.0 Å². The highest BCUT2D eigenvalue weighted by Crippen LogP contribution is 2.26. The van der Waals surface area contributed by atoms with E-state index in [1.165, 1.54) is 19.3 Å². The first kappa shape index (κ1) is 13.7. The molecule has 1 aromatic heterocycles. The first-order chi connectivity index (χ1) is 8.81. The fraction of sp³-hybridized carbons (Fsp3) is 0.692. The van der Waals surface area contributed by atoms with Crippen LogP contribution in [0.3, 0.4) is 0 Å². The van der Waals surface area contributed by atoms with Gasteiger partial charge in [0.25, 0.3) is 0 Å². The van der Waals surface area contributed by atoms with Crippen LogP contribution >= 0.6 is 15.9 Å². The second-order valence-corrected chi connectivity index (χ2v) is 5.71. The smallest absolute Gasteiger partial charge is 0.146 e. The van der Waals surface area contributed by atoms with Crippen LogP contribution in [0.1, 0.15) is 26.2 Å². The van der Waals surface area contributed by atoms with Crippen molar-refractivity contribution in [2.45, 2.75) is 26.2 Å². The number of anilines is 1. The summed E-state index contributed by atoms with van der Waals surface area (Å²) in [7, 11) is 0. The Hall–Kier alpha value is -0.680. The molecule has 4 nitrogen and oxygen atoms in total. The zero-order valence-electron chi connectivity index (χ0n) is 10.9. The van der Waals surface area contributed by atoms with Gasteiger partial charge in [0.2, 0.25) is 0 Å². The standard InChI is InChI=1S/C13H21BrN4/c1-2-5-15-7-11-4-3-6-18(9-11)13-12(14)8-16-10-17-13/h8,10-11,15H,2-7,9H2,1H3. The maximum absolute atomic E-state index is 4.38. The molecule has 0 aliphatic carbocycles. The van der Waals surface area contributed by atoms with Crippen molar-refractivity contribution < 1.29 is 0 Å². The largest absolute Gasteiger partial charge is 0.355 e. The lowest BCUT2D eigenvalue weighted by atomic mass is 9.98. The third kappa shape index (κ3) is 3.65. The summed E-state index contributed by atoms with van der Waals surface area (Å²) in [5.74, 6) is 1.76. The van der Waals surface area contributed by atoms with E-state index in [0.29, 0.717) is 0 Å². The Kier molecular flexibility index (Phi) is 5.38. The third-order valence-corrected chi connectivity index (χ3v) is 3.89. The summed E-state index contributed by atoms with van der Waals surface area (Å²) in [6, 6.07) is 0. The molecule has 0 spiro atoms. The Bertz CT molecular complexity index is 372. The van der Waals surface area contributed by atoms with Crippen LogP contribution in [0, 0.1) is 5.92 Å². The monoisotopic (exact) mass is 312 g/mol. The average Bonchev–Trinajstić information content (AvgIpc) is 2.40. The molecule has 1 N–H and O–H groups in total. The van der Waals surface area contributed by atoms with Gasteiger partial charge in [-0.3, -0.25) is 0 Å². The molecule has 100 valence electrons. The second-order valence-electron chi connectivity index (χ2n) is 4.85. The lowest BCUT2D eigenvalue weighted by Crippen LogP contribution is -2.40. The molecule has 0 aromatic carbocycles. The van der Waals surface area contributed by atoms with Gasteiger partial charge >= 0.3 is 0 Å². The van der Waals surface area contributed by atoms with Crippen LogP contribution < -0.4 is 10.2 Å². The fourth-order valence-electron chi connectivity index (χ4n) is 2.45. The topological polar surface area (TPSA) is 41.0 Å². The van der Waals surface area contributed by atoms with E-state index >= 15 is 0 Å². The lowest BCUT2D eigenvalue weighted by molar-refractivity contribution is 0.391. The van der Waals surface area contributed by atoms with Gasteiger partial charge in [-0.2, -0.15) is 0 Å². The van der Waals surface area contributed by atoms with Gasteiger partial charge in [0.15, 0.2) is 0 Å². The quantitative estimate of drug-likeness (QED) is 0.848. The van der Waals surface area contributed by atoms with E-state index < -0.39 is 0 Å². The van der Waals surface area contributed by atoms with Crippen molar-refractivity contribution in [1.29, 1.82) is 0 Å². The predicted molar refractivity (Wildman–Crippen MR) is 77.8 cm³/mol. The Morgan fingerprint density at radius 2 is 2.44 bits per heavy atom. The zero-order chi connectivity index (χ0) is 12.8. The van der Waals surface area contributed by atoms with Crippen molar-refractivity contribution >= 4 is 21.7 Å². The molecule has 2 heterocycles. The number of hydrogen-bond acceptors (Lipinski definition) is 4. The van der Waals surface area contributed by atoms with Crippen LogP contribution in [-0.4, -0.2) is 36.1 Å². The molecule has 0 saturated carbocycles. The van der Waals surface area contributed by atoms with Crippen LogP contribution in [0.25, 0.3) is 0 Å². The summed E-state index contributed by atoms with van der Waals surface area (Å²) < 4.78 is 0.993.